The predicted octanol–water partition coefficient (Wildman–Crippen LogP) is 4.37. The summed E-state index contributed by atoms with van der Waals surface area (Å²) >= 11 is 0. The van der Waals surface area contributed by atoms with Crippen LogP contribution in [-0.4, -0.2) is 40.3 Å². The van der Waals surface area contributed by atoms with Crippen molar-refractivity contribution in [2.24, 2.45) is 34.5 Å². The van der Waals surface area contributed by atoms with Crippen LogP contribution in [0.25, 0.3) is 0 Å². The molecule has 32 heavy (non-hydrogen) atoms. The summed E-state index contributed by atoms with van der Waals surface area (Å²) in [5.74, 6) is 0.613. The fraction of sp³-hybridized carbons (Fsp3) is 0.778. The van der Waals surface area contributed by atoms with Crippen LogP contribution in [0, 0.1) is 34.5 Å². The van der Waals surface area contributed by atoms with E-state index in [2.05, 4.69) is 33.8 Å². The van der Waals surface area contributed by atoms with Crippen molar-refractivity contribution in [1.29, 1.82) is 0 Å². The standard InChI is InChI=1S/C27H40O5/c1-5-6-7-14-32-27(23(29)24(30)31)17(2)15-22-20-9-8-18-16-19(28)10-12-25(18,3)21(20)11-13-26(22,27)4/h10,12,16-17,20-22,24,30-31H,5-9,11,13-15H2,1-4H3/t17?,20-,21+,22+,25+,26+,27+/m1/s1. The molecule has 0 aromatic carbocycles. The van der Waals surface area contributed by atoms with Crippen molar-refractivity contribution in [3.63, 3.8) is 0 Å². The molecule has 2 N–H and O–H groups in total. The first-order chi connectivity index (χ1) is 15.1. The van der Waals surface area contributed by atoms with E-state index < -0.39 is 23.1 Å². The normalized spacial score (nSPS) is 43.0. The van der Waals surface area contributed by atoms with Crippen molar-refractivity contribution in [1.82, 2.24) is 0 Å². The van der Waals surface area contributed by atoms with Crippen LogP contribution < -0.4 is 0 Å². The van der Waals surface area contributed by atoms with Crippen LogP contribution >= 0.6 is 0 Å². The Labute approximate surface area is 192 Å². The zero-order chi connectivity index (χ0) is 23.3. The van der Waals surface area contributed by atoms with Gasteiger partial charge in [-0.05, 0) is 74.3 Å². The van der Waals surface area contributed by atoms with E-state index in [1.165, 1.54) is 5.57 Å². The molecule has 3 fully saturated rings. The predicted molar refractivity (Wildman–Crippen MR) is 123 cm³/mol. The van der Waals surface area contributed by atoms with Gasteiger partial charge in [0.15, 0.2) is 5.78 Å². The summed E-state index contributed by atoms with van der Waals surface area (Å²) in [6.45, 7) is 9.12. The first-order valence-electron chi connectivity index (χ1n) is 12.6. The van der Waals surface area contributed by atoms with Crippen LogP contribution in [-0.2, 0) is 14.3 Å². The highest BCUT2D eigenvalue weighted by molar-refractivity contribution is 6.01. The molecule has 0 aromatic rings. The average Bonchev–Trinajstić information content (AvgIpc) is 2.98. The van der Waals surface area contributed by atoms with E-state index in [4.69, 9.17) is 4.74 Å². The Morgan fingerprint density at radius 2 is 1.97 bits per heavy atom. The molecule has 5 nitrogen and oxygen atoms in total. The van der Waals surface area contributed by atoms with Crippen molar-refractivity contribution in [3.05, 3.63) is 23.8 Å². The molecule has 5 heteroatoms. The molecule has 0 heterocycles. The lowest BCUT2D eigenvalue weighted by atomic mass is 9.47. The number of allylic oxidation sites excluding steroid dienone is 4. The second-order valence-corrected chi connectivity index (χ2v) is 11.2. The molecule has 4 rings (SSSR count). The third-order valence-corrected chi connectivity index (χ3v) is 9.77. The van der Waals surface area contributed by atoms with Crippen molar-refractivity contribution < 1.29 is 24.5 Å². The largest absolute Gasteiger partial charge is 0.366 e. The zero-order valence-electron chi connectivity index (χ0n) is 20.1. The number of aliphatic hydroxyl groups excluding tert-OH is 1. The molecule has 4 aliphatic rings. The molecule has 178 valence electrons. The number of ketones is 2. The van der Waals surface area contributed by atoms with E-state index in [0.717, 1.165) is 51.4 Å². The van der Waals surface area contributed by atoms with Gasteiger partial charge in [0.1, 0.15) is 5.60 Å². The number of hydrogen-bond acceptors (Lipinski definition) is 5. The average molecular weight is 445 g/mol. The number of rotatable bonds is 7. The maximum atomic E-state index is 13.4. The molecule has 1 unspecified atom stereocenters. The minimum absolute atomic E-state index is 0.0691. The maximum Gasteiger partial charge on any atom is 0.220 e. The lowest BCUT2D eigenvalue weighted by molar-refractivity contribution is -0.204. The lowest BCUT2D eigenvalue weighted by Gasteiger charge is -2.58. The number of ether oxygens (including phenoxy) is 1. The molecule has 0 spiro atoms. The SMILES string of the molecule is CCCCCO[C@]1(C(=O)C(O)O)C(C)C[C@H]2[C@@H]3CCC4=CC(=O)C=C[C@]4(C)[C@H]3CC[C@@]21C. The third kappa shape index (κ3) is 3.30. The minimum Gasteiger partial charge on any atom is -0.366 e. The number of fused-ring (bicyclic) bond motifs is 5. The minimum atomic E-state index is -2.01. The molecule has 0 saturated heterocycles. The van der Waals surface area contributed by atoms with Gasteiger partial charge < -0.3 is 14.9 Å². The van der Waals surface area contributed by atoms with Crippen LogP contribution in [0.2, 0.25) is 0 Å². The summed E-state index contributed by atoms with van der Waals surface area (Å²) in [6, 6.07) is 0. The van der Waals surface area contributed by atoms with Gasteiger partial charge in [0, 0.05) is 17.4 Å². The first kappa shape index (κ1) is 23.8. The van der Waals surface area contributed by atoms with E-state index in [1.807, 2.05) is 6.08 Å². The Morgan fingerprint density at radius 1 is 1.22 bits per heavy atom. The van der Waals surface area contributed by atoms with Gasteiger partial charge in [0.05, 0.1) is 0 Å². The van der Waals surface area contributed by atoms with Gasteiger partial charge in [0.25, 0.3) is 0 Å². The molecule has 0 aliphatic heterocycles. The van der Waals surface area contributed by atoms with E-state index >= 15 is 0 Å². The molecular weight excluding hydrogens is 404 g/mol. The zero-order valence-corrected chi connectivity index (χ0v) is 20.1. The third-order valence-electron chi connectivity index (χ3n) is 9.77. The summed E-state index contributed by atoms with van der Waals surface area (Å²) in [5, 5.41) is 20.0. The number of hydrogen-bond donors (Lipinski definition) is 2. The highest BCUT2D eigenvalue weighted by Gasteiger charge is 2.70. The van der Waals surface area contributed by atoms with Crippen molar-refractivity contribution in [2.45, 2.75) is 91.0 Å². The summed E-state index contributed by atoms with van der Waals surface area (Å²) in [6.07, 6.45) is 11.2. The number of Topliss-reactive ketones (excluding diaryl/α,β-unsaturated/α-hetero) is 1. The Hall–Kier alpha value is -1.30. The highest BCUT2D eigenvalue weighted by atomic mass is 16.5. The Morgan fingerprint density at radius 3 is 2.66 bits per heavy atom. The number of aliphatic hydroxyl groups is 2. The van der Waals surface area contributed by atoms with Crippen LogP contribution in [0.15, 0.2) is 23.8 Å². The summed E-state index contributed by atoms with van der Waals surface area (Å²) in [5.41, 5.74) is -0.425. The van der Waals surface area contributed by atoms with Crippen molar-refractivity contribution >= 4 is 11.6 Å². The fourth-order valence-electron chi connectivity index (χ4n) is 8.20. The van der Waals surface area contributed by atoms with Crippen molar-refractivity contribution in [2.75, 3.05) is 6.61 Å². The quantitative estimate of drug-likeness (QED) is 0.450. The van der Waals surface area contributed by atoms with E-state index in [0.29, 0.717) is 18.4 Å². The van der Waals surface area contributed by atoms with E-state index in [9.17, 15) is 19.8 Å². The molecule has 7 atom stereocenters. The molecule has 0 radical (unpaired) electrons. The van der Waals surface area contributed by atoms with Gasteiger partial charge in [0.2, 0.25) is 12.1 Å². The number of carbonyl (C=O) groups excluding carboxylic acids is 2. The smallest absolute Gasteiger partial charge is 0.220 e. The van der Waals surface area contributed by atoms with Gasteiger partial charge in [-0.1, -0.05) is 52.2 Å². The van der Waals surface area contributed by atoms with Crippen LogP contribution in [0.5, 0.6) is 0 Å². The Balaban J connectivity index is 1.69. The van der Waals surface area contributed by atoms with Crippen LogP contribution in [0.3, 0.4) is 0 Å². The second-order valence-electron chi connectivity index (χ2n) is 11.2. The number of unbranched alkanes of at least 4 members (excludes halogenated alkanes) is 2. The second kappa shape index (κ2) is 8.48. The highest BCUT2D eigenvalue weighted by Crippen LogP contribution is 2.69. The lowest BCUT2D eigenvalue weighted by Crippen LogP contribution is -2.62. The van der Waals surface area contributed by atoms with Gasteiger partial charge in [-0.25, -0.2) is 0 Å². The molecule has 0 amide bonds. The topological polar surface area (TPSA) is 83.8 Å². The Kier molecular flexibility index (Phi) is 6.32. The van der Waals surface area contributed by atoms with Gasteiger partial charge in [-0.3, -0.25) is 9.59 Å². The van der Waals surface area contributed by atoms with Gasteiger partial charge in [-0.2, -0.15) is 0 Å². The van der Waals surface area contributed by atoms with Gasteiger partial charge in [-0.15, -0.1) is 0 Å². The molecular formula is C27H40O5. The van der Waals surface area contributed by atoms with E-state index in [-0.39, 0.29) is 23.0 Å². The molecule has 0 aromatic heterocycles. The Bertz CT molecular complexity index is 828. The molecule has 4 aliphatic carbocycles. The summed E-state index contributed by atoms with van der Waals surface area (Å²) in [7, 11) is 0. The maximum absolute atomic E-state index is 13.4. The van der Waals surface area contributed by atoms with Gasteiger partial charge >= 0.3 is 0 Å². The monoisotopic (exact) mass is 444 g/mol. The fourth-order valence-corrected chi connectivity index (χ4v) is 8.20. The summed E-state index contributed by atoms with van der Waals surface area (Å²) < 4.78 is 6.49. The molecule has 3 saturated carbocycles. The summed E-state index contributed by atoms with van der Waals surface area (Å²) in [4.78, 5) is 25.4. The molecule has 0 bridgehead atoms. The van der Waals surface area contributed by atoms with Crippen molar-refractivity contribution in [3.8, 4) is 0 Å². The van der Waals surface area contributed by atoms with E-state index in [1.54, 1.807) is 6.08 Å². The van der Waals surface area contributed by atoms with Crippen LogP contribution in [0.4, 0.5) is 0 Å². The van der Waals surface area contributed by atoms with Crippen LogP contribution in [0.1, 0.15) is 79.1 Å². The first-order valence-corrected chi connectivity index (χ1v) is 12.6. The number of carbonyl (C=O) groups is 2.